The third kappa shape index (κ3) is 2.92. The highest BCUT2D eigenvalue weighted by atomic mass is 16.2. The summed E-state index contributed by atoms with van der Waals surface area (Å²) in [6, 6.07) is -0.177. The lowest BCUT2D eigenvalue weighted by Crippen LogP contribution is -2.43. The minimum atomic E-state index is -0.177. The lowest BCUT2D eigenvalue weighted by Gasteiger charge is -2.16. The summed E-state index contributed by atoms with van der Waals surface area (Å²) in [5.74, 6) is 0.113. The van der Waals surface area contributed by atoms with E-state index in [-0.39, 0.29) is 24.4 Å². The van der Waals surface area contributed by atoms with E-state index in [1.807, 2.05) is 6.92 Å². The van der Waals surface area contributed by atoms with Crippen LogP contribution < -0.4 is 5.32 Å². The highest BCUT2D eigenvalue weighted by Crippen LogP contribution is 2.07. The van der Waals surface area contributed by atoms with Crippen LogP contribution in [0.15, 0.2) is 0 Å². The van der Waals surface area contributed by atoms with Crippen molar-refractivity contribution < 1.29 is 9.59 Å². The molecule has 0 radical (unpaired) electrons. The molecule has 0 bridgehead atoms. The molecule has 0 aromatic heterocycles. The average Bonchev–Trinajstić information content (AvgIpc) is 2.55. The molecule has 0 saturated carbocycles. The first-order chi connectivity index (χ1) is 7.06. The predicted molar refractivity (Wildman–Crippen MR) is 57.4 cm³/mol. The van der Waals surface area contributed by atoms with Crippen molar-refractivity contribution >= 4 is 11.8 Å². The molecule has 1 rings (SSSR count). The molecule has 1 unspecified atom stereocenters. The van der Waals surface area contributed by atoms with Gasteiger partial charge in [-0.15, -0.1) is 0 Å². The number of likely N-dealkylation sites (tertiary alicyclic amines) is 1. The second-order valence-corrected chi connectivity index (χ2v) is 3.89. The Bertz CT molecular complexity index is 255. The summed E-state index contributed by atoms with van der Waals surface area (Å²) in [5.41, 5.74) is 0. The molecule has 1 heterocycles. The number of carbonyl (C=O) groups is 2. The van der Waals surface area contributed by atoms with Crippen molar-refractivity contribution in [1.82, 2.24) is 15.1 Å². The van der Waals surface area contributed by atoms with Crippen LogP contribution in [0, 0.1) is 0 Å². The fourth-order valence-corrected chi connectivity index (χ4v) is 1.53. The van der Waals surface area contributed by atoms with Gasteiger partial charge in [0, 0.05) is 27.2 Å². The first-order valence-corrected chi connectivity index (χ1v) is 5.28. The molecule has 2 amide bonds. The third-order valence-electron chi connectivity index (χ3n) is 2.83. The smallest absolute Gasteiger partial charge is 0.239 e. The fraction of sp³-hybridized carbons (Fsp3) is 0.800. The SMILES string of the molecule is CCN(C)C(=O)CNC1CCN(C)C1=O. The van der Waals surface area contributed by atoms with Crippen LogP contribution in [0.25, 0.3) is 0 Å². The number of rotatable bonds is 4. The summed E-state index contributed by atoms with van der Waals surface area (Å²) < 4.78 is 0. The Kier molecular flexibility index (Phi) is 4.08. The first-order valence-electron chi connectivity index (χ1n) is 5.28. The number of hydrogen-bond acceptors (Lipinski definition) is 3. The summed E-state index contributed by atoms with van der Waals surface area (Å²) >= 11 is 0. The lowest BCUT2D eigenvalue weighted by atomic mass is 10.2. The maximum Gasteiger partial charge on any atom is 0.239 e. The number of nitrogens with one attached hydrogen (secondary N) is 1. The molecule has 0 aliphatic carbocycles. The normalized spacial score (nSPS) is 20.9. The largest absolute Gasteiger partial charge is 0.345 e. The van der Waals surface area contributed by atoms with Gasteiger partial charge < -0.3 is 9.80 Å². The Morgan fingerprint density at radius 1 is 1.67 bits per heavy atom. The van der Waals surface area contributed by atoms with Crippen LogP contribution in [0.5, 0.6) is 0 Å². The van der Waals surface area contributed by atoms with Crippen LogP contribution in [0.3, 0.4) is 0 Å². The number of nitrogens with zero attached hydrogens (tertiary/aromatic N) is 2. The molecule has 1 aliphatic rings. The van der Waals surface area contributed by atoms with Crippen LogP contribution in [0.4, 0.5) is 0 Å². The van der Waals surface area contributed by atoms with E-state index in [2.05, 4.69) is 5.32 Å². The summed E-state index contributed by atoms with van der Waals surface area (Å²) in [5, 5.41) is 2.99. The predicted octanol–water partition coefficient (Wildman–Crippen LogP) is -0.715. The minimum absolute atomic E-state index is 0.0276. The van der Waals surface area contributed by atoms with Crippen LogP contribution in [-0.4, -0.2) is 61.4 Å². The maximum atomic E-state index is 11.5. The Morgan fingerprint density at radius 3 is 2.80 bits per heavy atom. The Hall–Kier alpha value is -1.10. The molecule has 15 heavy (non-hydrogen) atoms. The number of amides is 2. The van der Waals surface area contributed by atoms with Gasteiger partial charge in [0.2, 0.25) is 11.8 Å². The third-order valence-corrected chi connectivity index (χ3v) is 2.83. The monoisotopic (exact) mass is 213 g/mol. The van der Waals surface area contributed by atoms with Crippen LogP contribution in [-0.2, 0) is 9.59 Å². The molecule has 1 N–H and O–H groups in total. The van der Waals surface area contributed by atoms with E-state index in [9.17, 15) is 9.59 Å². The number of likely N-dealkylation sites (N-methyl/N-ethyl adjacent to an activating group) is 2. The minimum Gasteiger partial charge on any atom is -0.345 e. The number of carbonyl (C=O) groups excluding carboxylic acids is 2. The zero-order valence-electron chi connectivity index (χ0n) is 9.62. The van der Waals surface area contributed by atoms with E-state index in [1.54, 1.807) is 23.9 Å². The van der Waals surface area contributed by atoms with Gasteiger partial charge in [-0.1, -0.05) is 0 Å². The van der Waals surface area contributed by atoms with Crippen molar-refractivity contribution in [2.45, 2.75) is 19.4 Å². The molecule has 5 heteroatoms. The quantitative estimate of drug-likeness (QED) is 0.671. The van der Waals surface area contributed by atoms with E-state index < -0.39 is 0 Å². The van der Waals surface area contributed by atoms with Gasteiger partial charge >= 0.3 is 0 Å². The highest BCUT2D eigenvalue weighted by Gasteiger charge is 2.28. The van der Waals surface area contributed by atoms with Crippen molar-refractivity contribution in [3.8, 4) is 0 Å². The molecule has 1 atom stereocenters. The molecule has 0 aromatic carbocycles. The van der Waals surface area contributed by atoms with Crippen LogP contribution in [0.2, 0.25) is 0 Å². The van der Waals surface area contributed by atoms with Crippen LogP contribution in [0.1, 0.15) is 13.3 Å². The summed E-state index contributed by atoms with van der Waals surface area (Å²) in [7, 11) is 3.54. The number of hydrogen-bond donors (Lipinski definition) is 1. The van der Waals surface area contributed by atoms with E-state index in [0.29, 0.717) is 6.54 Å². The van der Waals surface area contributed by atoms with Gasteiger partial charge in [0.05, 0.1) is 12.6 Å². The molecule has 5 nitrogen and oxygen atoms in total. The van der Waals surface area contributed by atoms with E-state index in [0.717, 1.165) is 13.0 Å². The first kappa shape index (κ1) is 12.0. The topological polar surface area (TPSA) is 52.7 Å². The second-order valence-electron chi connectivity index (χ2n) is 3.89. The molecule has 0 spiro atoms. The highest BCUT2D eigenvalue weighted by molar-refractivity contribution is 5.85. The van der Waals surface area contributed by atoms with Gasteiger partial charge in [0.15, 0.2) is 0 Å². The van der Waals surface area contributed by atoms with Crippen molar-refractivity contribution in [3.05, 3.63) is 0 Å². The molecular weight excluding hydrogens is 194 g/mol. The molecule has 0 aromatic rings. The van der Waals surface area contributed by atoms with E-state index in [1.165, 1.54) is 0 Å². The van der Waals surface area contributed by atoms with Gasteiger partial charge in [0.1, 0.15) is 0 Å². The van der Waals surface area contributed by atoms with Crippen molar-refractivity contribution in [2.75, 3.05) is 33.7 Å². The summed E-state index contributed by atoms with van der Waals surface area (Å²) in [4.78, 5) is 26.3. The molecule has 1 aliphatic heterocycles. The van der Waals surface area contributed by atoms with Gasteiger partial charge in [-0.3, -0.25) is 14.9 Å². The average molecular weight is 213 g/mol. The van der Waals surface area contributed by atoms with Crippen molar-refractivity contribution in [2.24, 2.45) is 0 Å². The lowest BCUT2D eigenvalue weighted by molar-refractivity contribution is -0.130. The summed E-state index contributed by atoms with van der Waals surface area (Å²) in [6.07, 6.45) is 0.790. The van der Waals surface area contributed by atoms with Crippen molar-refractivity contribution in [1.29, 1.82) is 0 Å². The Balaban J connectivity index is 2.32. The molecular formula is C10H19N3O2. The summed E-state index contributed by atoms with van der Waals surface area (Å²) in [6.45, 7) is 3.63. The van der Waals surface area contributed by atoms with Gasteiger partial charge in [-0.2, -0.15) is 0 Å². The van der Waals surface area contributed by atoms with Gasteiger partial charge in [-0.05, 0) is 13.3 Å². The Morgan fingerprint density at radius 2 is 2.33 bits per heavy atom. The Labute approximate surface area is 90.4 Å². The van der Waals surface area contributed by atoms with E-state index >= 15 is 0 Å². The maximum absolute atomic E-state index is 11.5. The zero-order chi connectivity index (χ0) is 11.4. The zero-order valence-corrected chi connectivity index (χ0v) is 9.62. The van der Waals surface area contributed by atoms with Crippen LogP contribution >= 0.6 is 0 Å². The standard InChI is InChI=1S/C10H19N3O2/c1-4-12(2)9(14)7-11-8-5-6-13(3)10(8)15/h8,11H,4-7H2,1-3H3. The van der Waals surface area contributed by atoms with Crippen molar-refractivity contribution in [3.63, 3.8) is 0 Å². The van der Waals surface area contributed by atoms with Gasteiger partial charge in [0.25, 0.3) is 0 Å². The molecule has 1 fully saturated rings. The second kappa shape index (κ2) is 5.11. The fourth-order valence-electron chi connectivity index (χ4n) is 1.53. The van der Waals surface area contributed by atoms with E-state index in [4.69, 9.17) is 0 Å². The molecule has 1 saturated heterocycles. The van der Waals surface area contributed by atoms with Gasteiger partial charge in [-0.25, -0.2) is 0 Å². The molecule has 86 valence electrons.